The van der Waals surface area contributed by atoms with Crippen molar-refractivity contribution in [3.05, 3.63) is 63.3 Å². The summed E-state index contributed by atoms with van der Waals surface area (Å²) in [7, 11) is -4.06. The molecular weight excluding hydrogens is 523 g/mol. The number of nitrogens with one attached hydrogen (secondary N) is 1. The third-order valence-corrected chi connectivity index (χ3v) is 9.03. The van der Waals surface area contributed by atoms with Crippen LogP contribution >= 0.6 is 23.2 Å². The van der Waals surface area contributed by atoms with Crippen molar-refractivity contribution in [1.82, 2.24) is 14.6 Å². The predicted octanol–water partition coefficient (Wildman–Crippen LogP) is 3.97. The van der Waals surface area contributed by atoms with Gasteiger partial charge in [0.2, 0.25) is 15.9 Å². The van der Waals surface area contributed by atoms with Gasteiger partial charge in [0.1, 0.15) is 23.3 Å². The highest BCUT2D eigenvalue weighted by atomic mass is 35.5. The first-order valence-electron chi connectivity index (χ1n) is 11.6. The van der Waals surface area contributed by atoms with Gasteiger partial charge in [-0.3, -0.25) is 9.78 Å². The Morgan fingerprint density at radius 2 is 2.00 bits per heavy atom. The van der Waals surface area contributed by atoms with Crippen LogP contribution in [0, 0.1) is 13.8 Å². The van der Waals surface area contributed by atoms with Gasteiger partial charge in [0.05, 0.1) is 10.5 Å². The van der Waals surface area contributed by atoms with E-state index in [-0.39, 0.29) is 47.1 Å². The molecule has 1 aromatic heterocycles. The highest BCUT2D eigenvalue weighted by Gasteiger charge is 2.40. The van der Waals surface area contributed by atoms with Crippen LogP contribution in [-0.2, 0) is 21.4 Å². The Morgan fingerprint density at radius 3 is 2.75 bits per heavy atom. The van der Waals surface area contributed by atoms with E-state index in [2.05, 4.69) is 10.3 Å². The molecule has 1 fully saturated rings. The molecule has 4 rings (SSSR count). The van der Waals surface area contributed by atoms with Crippen LogP contribution in [0.2, 0.25) is 10.0 Å². The van der Waals surface area contributed by atoms with Gasteiger partial charge >= 0.3 is 0 Å². The van der Waals surface area contributed by atoms with Gasteiger partial charge in [-0.05, 0) is 68.7 Å². The average Bonchev–Trinajstić information content (AvgIpc) is 3.33. The number of aromatic nitrogens is 1. The maximum atomic E-state index is 13.5. The zero-order chi connectivity index (χ0) is 26.0. The highest BCUT2D eigenvalue weighted by Crippen LogP contribution is 2.36. The van der Waals surface area contributed by atoms with Crippen molar-refractivity contribution in [2.75, 3.05) is 19.6 Å². The number of carbonyl (C=O) groups is 1. The van der Waals surface area contributed by atoms with E-state index >= 15 is 0 Å². The van der Waals surface area contributed by atoms with Crippen molar-refractivity contribution in [1.29, 1.82) is 0 Å². The zero-order valence-electron chi connectivity index (χ0n) is 20.1. The normalized spacial score (nSPS) is 16.4. The molecule has 2 heterocycles. The molecule has 0 spiro atoms. The Bertz CT molecular complexity index is 1410. The molecule has 0 radical (unpaired) electrons. The average molecular weight is 551 g/mol. The number of hydrogen-bond acceptors (Lipinski definition) is 6. The van der Waals surface area contributed by atoms with E-state index in [0.29, 0.717) is 24.2 Å². The fraction of sp³-hybridized carbons (Fsp3) is 0.360. The molecule has 1 amide bonds. The number of pyridine rings is 1. The molecule has 8 nitrogen and oxygen atoms in total. The largest absolute Gasteiger partial charge is 0.489 e. The maximum absolute atomic E-state index is 13.5. The third kappa shape index (κ3) is 5.31. The number of nitrogens with two attached hydrogens (primary N) is 1. The minimum absolute atomic E-state index is 0.0234. The molecule has 0 aliphatic carbocycles. The molecule has 0 bridgehead atoms. The van der Waals surface area contributed by atoms with E-state index in [0.717, 1.165) is 22.2 Å². The lowest BCUT2D eigenvalue weighted by molar-refractivity contribution is -0.124. The van der Waals surface area contributed by atoms with Gasteiger partial charge in [0, 0.05) is 41.3 Å². The van der Waals surface area contributed by atoms with Gasteiger partial charge in [0.25, 0.3) is 0 Å². The molecule has 1 aliphatic rings. The Hall–Kier alpha value is -2.43. The van der Waals surface area contributed by atoms with E-state index in [1.54, 1.807) is 6.07 Å². The number of fused-ring (bicyclic) bond motifs is 1. The van der Waals surface area contributed by atoms with Crippen LogP contribution in [0.5, 0.6) is 5.75 Å². The highest BCUT2D eigenvalue weighted by molar-refractivity contribution is 7.89. The first-order chi connectivity index (χ1) is 17.1. The molecule has 11 heteroatoms. The van der Waals surface area contributed by atoms with Crippen LogP contribution in [-0.4, -0.2) is 49.3 Å². The summed E-state index contributed by atoms with van der Waals surface area (Å²) in [4.78, 5) is 17.0. The number of benzene rings is 2. The van der Waals surface area contributed by atoms with Crippen LogP contribution in [0.3, 0.4) is 0 Å². The molecule has 36 heavy (non-hydrogen) atoms. The van der Waals surface area contributed by atoms with E-state index < -0.39 is 16.1 Å². The first-order valence-corrected chi connectivity index (χ1v) is 13.8. The first kappa shape index (κ1) is 26.6. The van der Waals surface area contributed by atoms with Crippen LogP contribution < -0.4 is 15.8 Å². The van der Waals surface area contributed by atoms with Crippen LogP contribution in [0.15, 0.2) is 41.3 Å². The Balaban J connectivity index is 1.60. The summed E-state index contributed by atoms with van der Waals surface area (Å²) in [6, 6.07) is 9.58. The molecule has 3 aromatic rings. The summed E-state index contributed by atoms with van der Waals surface area (Å²) in [6.45, 7) is 4.67. The lowest BCUT2D eigenvalue weighted by Crippen LogP contribution is -2.46. The maximum Gasteiger partial charge on any atom is 0.245 e. The molecule has 192 valence electrons. The smallest absolute Gasteiger partial charge is 0.245 e. The second kappa shape index (κ2) is 10.9. The summed E-state index contributed by atoms with van der Waals surface area (Å²) in [5.41, 5.74) is 8.67. The number of ether oxygens (including phenoxy) is 1. The van der Waals surface area contributed by atoms with Crippen molar-refractivity contribution >= 4 is 50.0 Å². The number of hydrogen-bond donors (Lipinski definition) is 2. The van der Waals surface area contributed by atoms with Crippen molar-refractivity contribution in [3.8, 4) is 5.75 Å². The minimum Gasteiger partial charge on any atom is -0.489 e. The number of sulfonamides is 1. The number of aryl methyl sites for hydroxylation is 2. The minimum atomic E-state index is -4.06. The lowest BCUT2D eigenvalue weighted by atomic mass is 10.1. The van der Waals surface area contributed by atoms with E-state index in [1.165, 1.54) is 16.4 Å². The van der Waals surface area contributed by atoms with Gasteiger partial charge in [-0.1, -0.05) is 23.2 Å². The van der Waals surface area contributed by atoms with Gasteiger partial charge in [-0.25, -0.2) is 8.42 Å². The topological polar surface area (TPSA) is 115 Å². The number of rotatable bonds is 8. The second-order valence-electron chi connectivity index (χ2n) is 8.74. The van der Waals surface area contributed by atoms with Gasteiger partial charge < -0.3 is 15.8 Å². The summed E-state index contributed by atoms with van der Waals surface area (Å²) in [5.74, 6) is 0.208. The number of nitrogens with zero attached hydrogens (tertiary/aromatic N) is 2. The summed E-state index contributed by atoms with van der Waals surface area (Å²) >= 11 is 13.0. The Labute approximate surface area is 220 Å². The predicted molar refractivity (Wildman–Crippen MR) is 141 cm³/mol. The van der Waals surface area contributed by atoms with Crippen LogP contribution in [0.4, 0.5) is 0 Å². The fourth-order valence-corrected chi connectivity index (χ4v) is 6.94. The Morgan fingerprint density at radius 1 is 1.22 bits per heavy atom. The molecule has 0 saturated carbocycles. The standard InChI is InChI=1S/C25H28Cl2N4O4S/c1-15-12-16(2)30-21-7-5-17(13-18(15)21)35-14-19-20(26)6-8-23(24(19)27)36(33,34)31-11-3-4-22(31)25(32)29-10-9-28/h5-8,12-13,22H,3-4,9-11,14,28H2,1-2H3,(H,29,32)/t22-/m0/s1. The number of carbonyl (C=O) groups excluding carboxylic acids is 1. The fourth-order valence-electron chi connectivity index (χ4n) is 4.42. The number of amides is 1. The zero-order valence-corrected chi connectivity index (χ0v) is 22.4. The quantitative estimate of drug-likeness (QED) is 0.438. The molecular formula is C25H28Cl2N4O4S. The molecule has 1 atom stereocenters. The van der Waals surface area contributed by atoms with E-state index in [9.17, 15) is 13.2 Å². The van der Waals surface area contributed by atoms with Crippen LogP contribution in [0.1, 0.15) is 29.7 Å². The SMILES string of the molecule is Cc1cc(C)c2cc(OCc3c(Cl)ccc(S(=O)(=O)N4CCC[C@H]4C(=O)NCCN)c3Cl)ccc2n1. The van der Waals surface area contributed by atoms with Crippen molar-refractivity contribution in [2.24, 2.45) is 5.73 Å². The molecule has 1 saturated heterocycles. The monoisotopic (exact) mass is 550 g/mol. The summed E-state index contributed by atoms with van der Waals surface area (Å²) in [6.07, 6.45) is 0.990. The van der Waals surface area contributed by atoms with E-state index in [1.807, 2.05) is 32.0 Å². The third-order valence-electron chi connectivity index (χ3n) is 6.19. The van der Waals surface area contributed by atoms with Gasteiger partial charge in [-0.15, -0.1) is 0 Å². The molecule has 3 N–H and O–H groups in total. The van der Waals surface area contributed by atoms with E-state index in [4.69, 9.17) is 33.7 Å². The molecule has 1 aliphatic heterocycles. The van der Waals surface area contributed by atoms with Gasteiger partial charge in [0.15, 0.2) is 0 Å². The van der Waals surface area contributed by atoms with Crippen molar-refractivity contribution in [2.45, 2.75) is 44.2 Å². The van der Waals surface area contributed by atoms with Gasteiger partial charge in [-0.2, -0.15) is 4.31 Å². The second-order valence-corrected chi connectivity index (χ2v) is 11.4. The van der Waals surface area contributed by atoms with Crippen LogP contribution in [0.25, 0.3) is 10.9 Å². The molecule has 0 unspecified atom stereocenters. The summed E-state index contributed by atoms with van der Waals surface area (Å²) < 4.78 is 34.2. The van der Waals surface area contributed by atoms with Crippen molar-refractivity contribution < 1.29 is 17.9 Å². The molecule has 2 aromatic carbocycles. The van der Waals surface area contributed by atoms with Crippen molar-refractivity contribution in [3.63, 3.8) is 0 Å². The summed E-state index contributed by atoms with van der Waals surface area (Å²) in [5, 5.41) is 3.89. The lowest BCUT2D eigenvalue weighted by Gasteiger charge is -2.24. The number of halogens is 2. The Kier molecular flexibility index (Phi) is 8.06.